The Morgan fingerprint density at radius 3 is 2.11 bits per heavy atom. The molecule has 0 fully saturated rings. The zero-order valence-corrected chi connectivity index (χ0v) is 25.4. The molecule has 45 heavy (non-hydrogen) atoms. The number of unbranched alkanes of at least 4 members (excludes halogenated alkanes) is 1. The second-order valence-corrected chi connectivity index (χ2v) is 10.6. The molecule has 1 aliphatic rings. The molecule has 1 atom stereocenters. The highest BCUT2D eigenvalue weighted by Gasteiger charge is 2.29. The van der Waals surface area contributed by atoms with Crippen molar-refractivity contribution in [3.05, 3.63) is 108 Å². The van der Waals surface area contributed by atoms with Gasteiger partial charge in [0, 0.05) is 12.5 Å². The molecule has 0 heterocycles. The number of amides is 4. The molecule has 0 saturated carbocycles. The molecule has 4 amide bonds. The molecule has 3 N–H and O–H groups in total. The van der Waals surface area contributed by atoms with Crippen LogP contribution in [0.25, 0.3) is 11.1 Å². The normalized spacial score (nSPS) is 12.2. The third-order valence-electron chi connectivity index (χ3n) is 7.48. The minimum absolute atomic E-state index is 0.0334. The summed E-state index contributed by atoms with van der Waals surface area (Å²) in [4.78, 5) is 50.0. The van der Waals surface area contributed by atoms with Gasteiger partial charge in [0.1, 0.15) is 25.9 Å². The Kier molecular flexibility index (Phi) is 12.1. The van der Waals surface area contributed by atoms with Gasteiger partial charge in [-0.15, -0.1) is 0 Å². The molecule has 0 unspecified atom stereocenters. The fraction of sp³-hybridized carbons (Fsp3) is 0.314. The van der Waals surface area contributed by atoms with Gasteiger partial charge in [-0.25, -0.2) is 24.5 Å². The number of rotatable bonds is 14. The molecule has 3 aromatic rings. The third-order valence-corrected chi connectivity index (χ3v) is 7.48. The first-order valence-electron chi connectivity index (χ1n) is 15.1. The van der Waals surface area contributed by atoms with Crippen molar-refractivity contribution in [2.24, 2.45) is 0 Å². The summed E-state index contributed by atoms with van der Waals surface area (Å²) < 4.78 is 15.8. The maximum atomic E-state index is 13.0. The SMILES string of the molecule is C=CCOC(=O)NCCCC[C@H](NC(=O)NC(=O)OCC1c2ccccc2-c2ccccc21)C(=O)OCc1ccc(CC)cc1. The number of urea groups is 1. The largest absolute Gasteiger partial charge is 0.459 e. The predicted octanol–water partition coefficient (Wildman–Crippen LogP) is 5.99. The van der Waals surface area contributed by atoms with E-state index in [9.17, 15) is 19.2 Å². The van der Waals surface area contributed by atoms with Crippen molar-refractivity contribution in [1.82, 2.24) is 16.0 Å². The maximum Gasteiger partial charge on any atom is 0.415 e. The summed E-state index contributed by atoms with van der Waals surface area (Å²) in [6.07, 6.45) is 2.06. The van der Waals surface area contributed by atoms with Crippen LogP contribution in [0.15, 0.2) is 85.5 Å². The Balaban J connectivity index is 1.30. The number of carbonyl (C=O) groups excluding carboxylic acids is 4. The minimum atomic E-state index is -1.03. The Hall–Kier alpha value is -5.12. The number of hydrogen-bond acceptors (Lipinski definition) is 7. The quantitative estimate of drug-likeness (QED) is 0.0881. The van der Waals surface area contributed by atoms with Crippen LogP contribution in [0.3, 0.4) is 0 Å². The first kappa shape index (κ1) is 32.8. The Morgan fingerprint density at radius 1 is 0.822 bits per heavy atom. The smallest absolute Gasteiger partial charge is 0.415 e. The summed E-state index contributed by atoms with van der Waals surface area (Å²) >= 11 is 0. The van der Waals surface area contributed by atoms with E-state index in [1.807, 2.05) is 72.8 Å². The average Bonchev–Trinajstić information content (AvgIpc) is 3.38. The number of esters is 1. The van der Waals surface area contributed by atoms with Crippen molar-refractivity contribution in [2.45, 2.75) is 51.2 Å². The van der Waals surface area contributed by atoms with Gasteiger partial charge in [0.15, 0.2) is 0 Å². The zero-order valence-electron chi connectivity index (χ0n) is 25.4. The lowest BCUT2D eigenvalue weighted by Gasteiger charge is -2.18. The first-order chi connectivity index (χ1) is 21.9. The van der Waals surface area contributed by atoms with Gasteiger partial charge in [0.2, 0.25) is 0 Å². The molecule has 10 heteroatoms. The molecule has 0 saturated heterocycles. The van der Waals surface area contributed by atoms with Crippen molar-refractivity contribution < 1.29 is 33.4 Å². The molecular formula is C35H39N3O7. The zero-order chi connectivity index (χ0) is 32.0. The highest BCUT2D eigenvalue weighted by Crippen LogP contribution is 2.44. The number of imide groups is 1. The van der Waals surface area contributed by atoms with Gasteiger partial charge in [-0.3, -0.25) is 0 Å². The standard InChI is InChI=1S/C35H39N3O7/c1-3-21-43-34(41)36-20-10-9-15-31(32(39)44-22-25-18-16-24(4-2)17-19-25)37-33(40)38-35(42)45-23-30-28-13-7-5-11-26(28)27-12-6-8-14-29(27)30/h3,5-8,11-14,16-19,30-31H,1,4,9-10,15,20-23H2,2H3,(H,36,41)(H2,37,38,40,42)/t31-/m0/s1. The summed E-state index contributed by atoms with van der Waals surface area (Å²) in [5, 5.41) is 7.31. The summed E-state index contributed by atoms with van der Waals surface area (Å²) in [7, 11) is 0. The fourth-order valence-electron chi connectivity index (χ4n) is 5.15. The summed E-state index contributed by atoms with van der Waals surface area (Å²) in [6, 6.07) is 21.7. The number of nitrogens with one attached hydrogen (secondary N) is 3. The van der Waals surface area contributed by atoms with Crippen LogP contribution in [0.4, 0.5) is 14.4 Å². The van der Waals surface area contributed by atoms with E-state index in [-0.39, 0.29) is 32.2 Å². The molecule has 0 aliphatic heterocycles. The number of aryl methyl sites for hydroxylation is 1. The van der Waals surface area contributed by atoms with Gasteiger partial charge < -0.3 is 24.8 Å². The number of alkyl carbamates (subject to hydrolysis) is 2. The highest BCUT2D eigenvalue weighted by molar-refractivity contribution is 5.93. The van der Waals surface area contributed by atoms with Crippen LogP contribution in [0.5, 0.6) is 0 Å². The van der Waals surface area contributed by atoms with Gasteiger partial charge in [-0.2, -0.15) is 0 Å². The summed E-state index contributed by atoms with van der Waals surface area (Å²) in [5.41, 5.74) is 6.25. The second kappa shape index (κ2) is 16.7. The van der Waals surface area contributed by atoms with Crippen LogP contribution in [0.1, 0.15) is 54.4 Å². The van der Waals surface area contributed by atoms with Gasteiger partial charge in [0.05, 0.1) is 0 Å². The maximum absolute atomic E-state index is 13.0. The molecule has 4 rings (SSSR count). The van der Waals surface area contributed by atoms with Crippen LogP contribution in [-0.2, 0) is 32.0 Å². The van der Waals surface area contributed by atoms with Crippen molar-refractivity contribution in [2.75, 3.05) is 19.8 Å². The van der Waals surface area contributed by atoms with E-state index < -0.39 is 30.2 Å². The van der Waals surface area contributed by atoms with E-state index in [0.717, 1.165) is 39.8 Å². The van der Waals surface area contributed by atoms with E-state index in [0.29, 0.717) is 19.4 Å². The fourth-order valence-corrected chi connectivity index (χ4v) is 5.15. The summed E-state index contributed by atoms with van der Waals surface area (Å²) in [5.74, 6) is -0.807. The Labute approximate surface area is 263 Å². The number of ether oxygens (including phenoxy) is 3. The van der Waals surface area contributed by atoms with Crippen LogP contribution in [0, 0.1) is 0 Å². The predicted molar refractivity (Wildman–Crippen MR) is 170 cm³/mol. The van der Waals surface area contributed by atoms with Gasteiger partial charge >= 0.3 is 24.2 Å². The van der Waals surface area contributed by atoms with E-state index in [2.05, 4.69) is 29.5 Å². The van der Waals surface area contributed by atoms with Crippen LogP contribution >= 0.6 is 0 Å². The van der Waals surface area contributed by atoms with Gasteiger partial charge in [-0.05, 0) is 59.1 Å². The molecule has 10 nitrogen and oxygen atoms in total. The Bertz CT molecular complexity index is 1440. The number of carbonyl (C=O) groups is 4. The summed E-state index contributed by atoms with van der Waals surface area (Å²) in [6.45, 7) is 6.03. The Morgan fingerprint density at radius 2 is 1.47 bits per heavy atom. The van der Waals surface area contributed by atoms with Crippen LogP contribution < -0.4 is 16.0 Å². The van der Waals surface area contributed by atoms with E-state index in [1.165, 1.54) is 6.08 Å². The van der Waals surface area contributed by atoms with Crippen molar-refractivity contribution >= 4 is 24.2 Å². The molecule has 0 bridgehead atoms. The molecule has 0 radical (unpaired) electrons. The molecule has 236 valence electrons. The van der Waals surface area contributed by atoms with Crippen molar-refractivity contribution in [3.63, 3.8) is 0 Å². The van der Waals surface area contributed by atoms with E-state index in [1.54, 1.807) is 0 Å². The molecule has 0 aromatic heterocycles. The number of hydrogen-bond donors (Lipinski definition) is 3. The van der Waals surface area contributed by atoms with Crippen LogP contribution in [0.2, 0.25) is 0 Å². The second-order valence-electron chi connectivity index (χ2n) is 10.6. The van der Waals surface area contributed by atoms with Gasteiger partial charge in [0.25, 0.3) is 0 Å². The molecule has 1 aliphatic carbocycles. The highest BCUT2D eigenvalue weighted by atomic mass is 16.6. The number of benzene rings is 3. The minimum Gasteiger partial charge on any atom is -0.459 e. The lowest BCUT2D eigenvalue weighted by Crippen LogP contribution is -2.48. The molecular weight excluding hydrogens is 574 g/mol. The topological polar surface area (TPSA) is 132 Å². The van der Waals surface area contributed by atoms with Crippen LogP contribution in [-0.4, -0.2) is 50.0 Å². The van der Waals surface area contributed by atoms with Crippen molar-refractivity contribution in [1.29, 1.82) is 0 Å². The lowest BCUT2D eigenvalue weighted by molar-refractivity contribution is -0.147. The van der Waals surface area contributed by atoms with Crippen molar-refractivity contribution in [3.8, 4) is 11.1 Å². The average molecular weight is 614 g/mol. The monoisotopic (exact) mass is 613 g/mol. The molecule has 0 spiro atoms. The van der Waals surface area contributed by atoms with Gasteiger partial charge in [-0.1, -0.05) is 92.4 Å². The molecule has 3 aromatic carbocycles. The van der Waals surface area contributed by atoms with E-state index >= 15 is 0 Å². The lowest BCUT2D eigenvalue weighted by atomic mass is 9.98. The number of fused-ring (bicyclic) bond motifs is 3. The first-order valence-corrected chi connectivity index (χ1v) is 15.1. The van der Waals surface area contributed by atoms with E-state index in [4.69, 9.17) is 14.2 Å². The third kappa shape index (κ3) is 9.43.